The van der Waals surface area contributed by atoms with E-state index in [1.807, 2.05) is 26.0 Å². The molecule has 0 aliphatic heterocycles. The number of aromatic nitrogens is 2. The number of carbonyl (C=O) groups excluding carboxylic acids is 1. The lowest BCUT2D eigenvalue weighted by molar-refractivity contribution is 0.0943. The Kier molecular flexibility index (Phi) is 6.52. The first kappa shape index (κ1) is 18.2. The van der Waals surface area contributed by atoms with E-state index in [9.17, 15) is 4.79 Å². The van der Waals surface area contributed by atoms with Crippen LogP contribution in [0.5, 0.6) is 0 Å². The standard InChI is InChI=1S/C17H21ClN4O2/c1-11-5-6-13(10-14(11)18)21-17-20-12(2)9-15(22-17)16(23)19-7-4-8-24-3/h5-6,9-10H,4,7-8H2,1-3H3,(H,19,23)(H,20,21,22). The van der Waals surface area contributed by atoms with E-state index < -0.39 is 0 Å². The van der Waals surface area contributed by atoms with E-state index in [0.29, 0.717) is 35.5 Å². The summed E-state index contributed by atoms with van der Waals surface area (Å²) < 4.78 is 4.95. The lowest BCUT2D eigenvalue weighted by atomic mass is 10.2. The van der Waals surface area contributed by atoms with Gasteiger partial charge in [-0.2, -0.15) is 0 Å². The number of hydrogen-bond acceptors (Lipinski definition) is 5. The number of anilines is 2. The number of halogens is 1. The SMILES string of the molecule is COCCCNC(=O)c1cc(C)nc(Nc2ccc(C)c(Cl)c2)n1. The van der Waals surface area contributed by atoms with Crippen LogP contribution < -0.4 is 10.6 Å². The quantitative estimate of drug-likeness (QED) is 0.751. The molecule has 1 heterocycles. The molecule has 0 saturated heterocycles. The van der Waals surface area contributed by atoms with Gasteiger partial charge in [-0.1, -0.05) is 17.7 Å². The predicted molar refractivity (Wildman–Crippen MR) is 95.1 cm³/mol. The molecule has 0 spiro atoms. The summed E-state index contributed by atoms with van der Waals surface area (Å²) in [4.78, 5) is 20.8. The third-order valence-corrected chi connectivity index (χ3v) is 3.73. The molecular weight excluding hydrogens is 328 g/mol. The molecule has 0 radical (unpaired) electrons. The van der Waals surface area contributed by atoms with Crippen LogP contribution in [0.3, 0.4) is 0 Å². The van der Waals surface area contributed by atoms with E-state index in [2.05, 4.69) is 20.6 Å². The summed E-state index contributed by atoms with van der Waals surface area (Å²) in [5.74, 6) is 0.124. The van der Waals surface area contributed by atoms with Crippen LogP contribution in [0.15, 0.2) is 24.3 Å². The Balaban J connectivity index is 2.10. The van der Waals surface area contributed by atoms with Crippen molar-refractivity contribution in [2.75, 3.05) is 25.6 Å². The second-order valence-electron chi connectivity index (χ2n) is 5.41. The van der Waals surface area contributed by atoms with E-state index in [4.69, 9.17) is 16.3 Å². The number of hydrogen-bond donors (Lipinski definition) is 2. The van der Waals surface area contributed by atoms with E-state index in [1.165, 1.54) is 0 Å². The average Bonchev–Trinajstić information content (AvgIpc) is 2.54. The minimum atomic E-state index is -0.235. The highest BCUT2D eigenvalue weighted by Crippen LogP contribution is 2.22. The number of methoxy groups -OCH3 is 1. The van der Waals surface area contributed by atoms with Gasteiger partial charge in [-0.25, -0.2) is 9.97 Å². The summed E-state index contributed by atoms with van der Waals surface area (Å²) in [6.07, 6.45) is 0.749. The third kappa shape index (κ3) is 5.18. The van der Waals surface area contributed by atoms with Crippen molar-refractivity contribution in [3.8, 4) is 0 Å². The summed E-state index contributed by atoms with van der Waals surface area (Å²) >= 11 is 6.12. The first-order chi connectivity index (χ1) is 11.5. The maximum atomic E-state index is 12.2. The number of aryl methyl sites for hydroxylation is 2. The molecule has 1 amide bonds. The second kappa shape index (κ2) is 8.61. The maximum absolute atomic E-state index is 12.2. The molecule has 6 nitrogen and oxygen atoms in total. The number of nitrogens with one attached hydrogen (secondary N) is 2. The van der Waals surface area contributed by atoms with Gasteiger partial charge >= 0.3 is 0 Å². The summed E-state index contributed by atoms with van der Waals surface area (Å²) in [6.45, 7) is 4.88. The van der Waals surface area contributed by atoms with Gasteiger partial charge in [0.05, 0.1) is 0 Å². The van der Waals surface area contributed by atoms with E-state index in [1.54, 1.807) is 19.2 Å². The van der Waals surface area contributed by atoms with Crippen LogP contribution in [0, 0.1) is 13.8 Å². The molecule has 0 unspecified atom stereocenters. The molecular formula is C17H21ClN4O2. The Bertz CT molecular complexity index is 722. The number of ether oxygens (including phenoxy) is 1. The van der Waals surface area contributed by atoms with Gasteiger partial charge in [0.15, 0.2) is 0 Å². The molecule has 0 atom stereocenters. The van der Waals surface area contributed by atoms with Crippen molar-refractivity contribution in [3.63, 3.8) is 0 Å². The van der Waals surface area contributed by atoms with Gasteiger partial charge in [-0.05, 0) is 44.0 Å². The molecule has 2 N–H and O–H groups in total. The van der Waals surface area contributed by atoms with E-state index in [-0.39, 0.29) is 5.91 Å². The van der Waals surface area contributed by atoms with Crippen molar-refractivity contribution >= 4 is 29.1 Å². The molecule has 0 bridgehead atoms. The first-order valence-electron chi connectivity index (χ1n) is 7.65. The smallest absolute Gasteiger partial charge is 0.270 e. The summed E-state index contributed by atoms with van der Waals surface area (Å²) in [6, 6.07) is 7.24. The second-order valence-corrected chi connectivity index (χ2v) is 5.82. The molecule has 2 aromatic rings. The van der Waals surface area contributed by atoms with Crippen LogP contribution in [-0.4, -0.2) is 36.1 Å². The largest absolute Gasteiger partial charge is 0.385 e. The number of nitrogens with zero attached hydrogens (tertiary/aromatic N) is 2. The molecule has 2 rings (SSSR count). The molecule has 0 aliphatic carbocycles. The third-order valence-electron chi connectivity index (χ3n) is 3.33. The Morgan fingerprint density at radius 1 is 1.25 bits per heavy atom. The normalized spacial score (nSPS) is 10.5. The van der Waals surface area contributed by atoms with Gasteiger partial charge in [0.25, 0.3) is 5.91 Å². The Labute approximate surface area is 146 Å². The lowest BCUT2D eigenvalue weighted by Crippen LogP contribution is -2.26. The zero-order chi connectivity index (χ0) is 17.5. The van der Waals surface area contributed by atoms with Gasteiger partial charge in [0.1, 0.15) is 5.69 Å². The van der Waals surface area contributed by atoms with Gasteiger partial charge in [-0.3, -0.25) is 4.79 Å². The van der Waals surface area contributed by atoms with Crippen molar-refractivity contribution in [1.82, 2.24) is 15.3 Å². The monoisotopic (exact) mass is 348 g/mol. The van der Waals surface area contributed by atoms with Crippen LogP contribution in [0.25, 0.3) is 0 Å². The fourth-order valence-electron chi connectivity index (χ4n) is 2.05. The van der Waals surface area contributed by atoms with Gasteiger partial charge in [0, 0.05) is 36.7 Å². The molecule has 7 heteroatoms. The number of carbonyl (C=O) groups is 1. The summed E-state index contributed by atoms with van der Waals surface area (Å²) in [5, 5.41) is 6.54. The molecule has 0 fully saturated rings. The van der Waals surface area contributed by atoms with Crippen LogP contribution in [0.4, 0.5) is 11.6 Å². The molecule has 24 heavy (non-hydrogen) atoms. The molecule has 0 saturated carbocycles. The molecule has 128 valence electrons. The first-order valence-corrected chi connectivity index (χ1v) is 8.03. The van der Waals surface area contributed by atoms with Crippen molar-refractivity contribution in [2.24, 2.45) is 0 Å². The lowest BCUT2D eigenvalue weighted by Gasteiger charge is -2.09. The zero-order valence-electron chi connectivity index (χ0n) is 14.0. The average molecular weight is 349 g/mol. The highest BCUT2D eigenvalue weighted by Gasteiger charge is 2.10. The minimum Gasteiger partial charge on any atom is -0.385 e. The zero-order valence-corrected chi connectivity index (χ0v) is 14.8. The summed E-state index contributed by atoms with van der Waals surface area (Å²) in [7, 11) is 1.63. The summed E-state index contributed by atoms with van der Waals surface area (Å²) in [5.41, 5.74) is 2.78. The van der Waals surface area contributed by atoms with Gasteiger partial charge in [-0.15, -0.1) is 0 Å². The van der Waals surface area contributed by atoms with Crippen molar-refractivity contribution in [3.05, 3.63) is 46.2 Å². The fraction of sp³-hybridized carbons (Fsp3) is 0.353. The number of amides is 1. The van der Waals surface area contributed by atoms with Gasteiger partial charge in [0.2, 0.25) is 5.95 Å². The van der Waals surface area contributed by atoms with Crippen LogP contribution in [0.2, 0.25) is 5.02 Å². The van der Waals surface area contributed by atoms with E-state index >= 15 is 0 Å². The highest BCUT2D eigenvalue weighted by molar-refractivity contribution is 6.31. The van der Waals surface area contributed by atoms with Crippen molar-refractivity contribution in [2.45, 2.75) is 20.3 Å². The van der Waals surface area contributed by atoms with Crippen molar-refractivity contribution < 1.29 is 9.53 Å². The molecule has 1 aromatic carbocycles. The van der Waals surface area contributed by atoms with Crippen LogP contribution >= 0.6 is 11.6 Å². The molecule has 1 aromatic heterocycles. The molecule has 0 aliphatic rings. The Morgan fingerprint density at radius 2 is 2.04 bits per heavy atom. The van der Waals surface area contributed by atoms with E-state index in [0.717, 1.165) is 17.7 Å². The predicted octanol–water partition coefficient (Wildman–Crippen LogP) is 3.26. The van der Waals surface area contributed by atoms with Crippen LogP contribution in [0.1, 0.15) is 28.2 Å². The highest BCUT2D eigenvalue weighted by atomic mass is 35.5. The minimum absolute atomic E-state index is 0.235. The topological polar surface area (TPSA) is 76.1 Å². The Hall–Kier alpha value is -2.18. The van der Waals surface area contributed by atoms with Crippen LogP contribution in [-0.2, 0) is 4.74 Å². The maximum Gasteiger partial charge on any atom is 0.270 e. The van der Waals surface area contributed by atoms with Gasteiger partial charge < -0.3 is 15.4 Å². The number of benzene rings is 1. The fourth-order valence-corrected chi connectivity index (χ4v) is 2.23. The Morgan fingerprint density at radius 3 is 2.75 bits per heavy atom. The number of rotatable bonds is 7. The van der Waals surface area contributed by atoms with Crippen molar-refractivity contribution in [1.29, 1.82) is 0 Å².